The zero-order chi connectivity index (χ0) is 36.6. The third-order valence-electron chi connectivity index (χ3n) is 7.25. The van der Waals surface area contributed by atoms with Crippen LogP contribution in [0.15, 0.2) is 59.7 Å². The Hall–Kier alpha value is -5.99. The quantitative estimate of drug-likeness (QED) is 0.0760. The summed E-state index contributed by atoms with van der Waals surface area (Å²) < 4.78 is 15.6. The molecule has 15 heteroatoms. The van der Waals surface area contributed by atoms with Crippen LogP contribution in [0.3, 0.4) is 0 Å². The van der Waals surface area contributed by atoms with Crippen LogP contribution in [-0.2, 0) is 25.6 Å². The van der Waals surface area contributed by atoms with E-state index in [9.17, 15) is 29.4 Å². The fourth-order valence-electron chi connectivity index (χ4n) is 4.55. The predicted molar refractivity (Wildman–Crippen MR) is 187 cm³/mol. The first-order chi connectivity index (χ1) is 24.0. The third kappa shape index (κ3) is 10.5. The van der Waals surface area contributed by atoms with Crippen molar-refractivity contribution in [2.75, 3.05) is 24.8 Å². The Labute approximate surface area is 290 Å². The Kier molecular flexibility index (Phi) is 14.7. The van der Waals surface area contributed by atoms with Crippen LogP contribution in [0, 0.1) is 13.8 Å². The number of alkyl carbamates (subject to hydrolysis) is 1. The Balaban J connectivity index is 1.86. The number of nitrogens with one attached hydrogen (secondary N) is 4. The molecule has 0 aliphatic rings. The lowest BCUT2D eigenvalue weighted by atomic mass is 10.1. The molecule has 0 saturated carbocycles. The number of esters is 1. The molecule has 0 aliphatic carbocycles. The van der Waals surface area contributed by atoms with Crippen molar-refractivity contribution in [3.63, 3.8) is 0 Å². The summed E-state index contributed by atoms with van der Waals surface area (Å²) in [6.45, 7) is 8.47. The van der Waals surface area contributed by atoms with E-state index in [0.717, 1.165) is 10.5 Å². The second kappa shape index (κ2) is 19.1. The number of ether oxygens (including phenoxy) is 3. The molecule has 4 amide bonds. The number of rotatable bonds is 15. The van der Waals surface area contributed by atoms with Crippen LogP contribution < -0.4 is 20.9 Å². The summed E-state index contributed by atoms with van der Waals surface area (Å²) in [5, 5.41) is 17.7. The normalized spacial score (nSPS) is 11.5. The Morgan fingerprint density at radius 1 is 0.940 bits per heavy atom. The molecule has 15 nitrogen and oxygen atoms in total. The van der Waals surface area contributed by atoms with Crippen molar-refractivity contribution in [2.45, 2.75) is 60.1 Å². The Morgan fingerprint density at radius 2 is 1.62 bits per heavy atom. The maximum Gasteiger partial charge on any atom is 0.421 e. The molecular formula is C35H42N7O8-. The molecule has 266 valence electrons. The number of anilines is 1. The van der Waals surface area contributed by atoms with Crippen LogP contribution in [-0.4, -0.2) is 73.1 Å². The van der Waals surface area contributed by atoms with E-state index < -0.39 is 36.9 Å². The summed E-state index contributed by atoms with van der Waals surface area (Å²) in [4.78, 5) is 72.3. The number of nitrogens with zero attached hydrogens (tertiary/aromatic N) is 3. The van der Waals surface area contributed by atoms with E-state index in [-0.39, 0.29) is 40.9 Å². The van der Waals surface area contributed by atoms with Gasteiger partial charge in [-0.15, -0.1) is 6.34 Å². The summed E-state index contributed by atoms with van der Waals surface area (Å²) in [6, 6.07) is 12.4. The number of amides is 4. The number of aromatic amines is 1. The first kappa shape index (κ1) is 38.5. The second-order valence-corrected chi connectivity index (χ2v) is 11.0. The van der Waals surface area contributed by atoms with Gasteiger partial charge in [0, 0.05) is 24.8 Å². The van der Waals surface area contributed by atoms with Gasteiger partial charge < -0.3 is 45.5 Å². The minimum Gasteiger partial charge on any atom is -0.472 e. The molecule has 1 aromatic heterocycles. The van der Waals surface area contributed by atoms with Crippen molar-refractivity contribution < 1.29 is 38.2 Å². The molecule has 0 bridgehead atoms. The number of aryl methyl sites for hydroxylation is 1. The molecule has 0 fully saturated rings. The molecule has 1 heterocycles. The first-order valence-electron chi connectivity index (χ1n) is 16.0. The average molecular weight is 689 g/mol. The zero-order valence-electron chi connectivity index (χ0n) is 28.7. The third-order valence-corrected chi connectivity index (χ3v) is 7.25. The molecule has 4 N–H and O–H groups in total. The minimum absolute atomic E-state index is 0.0108. The maximum atomic E-state index is 13.8. The van der Waals surface area contributed by atoms with Gasteiger partial charge in [-0.2, -0.15) is 0 Å². The van der Waals surface area contributed by atoms with Gasteiger partial charge in [-0.05, 0) is 62.4 Å². The lowest BCUT2D eigenvalue weighted by Gasteiger charge is -2.28. The van der Waals surface area contributed by atoms with Crippen LogP contribution in [0.1, 0.15) is 76.7 Å². The lowest BCUT2D eigenvalue weighted by Crippen LogP contribution is -2.42. The first-order valence-corrected chi connectivity index (χ1v) is 16.0. The highest BCUT2D eigenvalue weighted by molar-refractivity contribution is 6.24. The molecule has 0 saturated heterocycles. The lowest BCUT2D eigenvalue weighted by molar-refractivity contribution is -0.153. The van der Waals surface area contributed by atoms with E-state index in [0.29, 0.717) is 43.4 Å². The Bertz CT molecular complexity index is 1700. The molecular weight excluding hydrogens is 646 g/mol. The summed E-state index contributed by atoms with van der Waals surface area (Å²) >= 11 is 0. The van der Waals surface area contributed by atoms with Gasteiger partial charge in [0.2, 0.25) is 6.79 Å². The summed E-state index contributed by atoms with van der Waals surface area (Å²) in [7, 11) is 0. The van der Waals surface area contributed by atoms with Crippen molar-refractivity contribution in [3.05, 3.63) is 93.6 Å². The van der Waals surface area contributed by atoms with Gasteiger partial charge in [0.25, 0.3) is 11.8 Å². The van der Waals surface area contributed by atoms with E-state index in [1.807, 2.05) is 19.9 Å². The van der Waals surface area contributed by atoms with E-state index in [1.165, 1.54) is 19.2 Å². The number of amidine groups is 1. The van der Waals surface area contributed by atoms with Crippen LogP contribution in [0.5, 0.6) is 0 Å². The number of benzene rings is 2. The zero-order valence-corrected chi connectivity index (χ0v) is 28.7. The molecule has 1 unspecified atom stereocenters. The number of H-pyrrole nitrogens is 1. The molecule has 50 heavy (non-hydrogen) atoms. The predicted octanol–water partition coefficient (Wildman–Crippen LogP) is 4.71. The second-order valence-electron chi connectivity index (χ2n) is 11.0. The van der Waals surface area contributed by atoms with Gasteiger partial charge in [-0.25, -0.2) is 19.3 Å². The van der Waals surface area contributed by atoms with Crippen LogP contribution in [0.25, 0.3) is 5.41 Å². The van der Waals surface area contributed by atoms with E-state index in [2.05, 4.69) is 25.9 Å². The summed E-state index contributed by atoms with van der Waals surface area (Å²) in [5.74, 6) is -1.87. The van der Waals surface area contributed by atoms with Crippen molar-refractivity contribution >= 4 is 47.8 Å². The highest BCUT2D eigenvalue weighted by Crippen LogP contribution is 2.27. The fraction of sp³-hybridized carbons (Fsp3) is 0.343. The van der Waals surface area contributed by atoms with Crippen LogP contribution in [0.2, 0.25) is 0 Å². The Morgan fingerprint density at radius 3 is 2.28 bits per heavy atom. The number of carbonyl (C=O) groups is 5. The molecule has 3 aromatic rings. The molecule has 0 spiro atoms. The van der Waals surface area contributed by atoms with E-state index in [4.69, 9.17) is 14.2 Å². The largest absolute Gasteiger partial charge is 0.472 e. The number of carbonyl (C=O) groups excluding carboxylic acids is 5. The van der Waals surface area contributed by atoms with E-state index >= 15 is 0 Å². The summed E-state index contributed by atoms with van der Waals surface area (Å²) in [6.07, 6.45) is 1.35. The van der Waals surface area contributed by atoms with Crippen molar-refractivity contribution in [3.8, 4) is 0 Å². The van der Waals surface area contributed by atoms with Gasteiger partial charge in [0.05, 0.1) is 22.8 Å². The van der Waals surface area contributed by atoms with Crippen molar-refractivity contribution in [1.82, 2.24) is 20.9 Å². The van der Waals surface area contributed by atoms with Gasteiger partial charge >= 0.3 is 18.2 Å². The highest BCUT2D eigenvalue weighted by atomic mass is 16.7. The van der Waals surface area contributed by atoms with Gasteiger partial charge in [-0.3, -0.25) is 9.59 Å². The number of hydrogen-bond donors (Lipinski definition) is 4. The molecule has 1 atom stereocenters. The van der Waals surface area contributed by atoms with Crippen LogP contribution in [0.4, 0.5) is 15.3 Å². The molecule has 0 radical (unpaired) electrons. The van der Waals surface area contributed by atoms with Gasteiger partial charge in [0.15, 0.2) is 0 Å². The van der Waals surface area contributed by atoms with Crippen molar-refractivity contribution in [2.24, 2.45) is 4.99 Å². The topological polar surface area (TPSA) is 203 Å². The summed E-state index contributed by atoms with van der Waals surface area (Å²) in [5.41, 5.74) is 2.48. The monoisotopic (exact) mass is 688 g/mol. The number of hydrogen-bond acceptors (Lipinski definition) is 8. The average Bonchev–Trinajstić information content (AvgIpc) is 3.50. The van der Waals surface area contributed by atoms with E-state index in [1.54, 1.807) is 50.2 Å². The van der Waals surface area contributed by atoms with Crippen LogP contribution >= 0.6 is 0 Å². The smallest absolute Gasteiger partial charge is 0.421 e. The van der Waals surface area contributed by atoms with Gasteiger partial charge in [0.1, 0.15) is 12.6 Å². The minimum atomic E-state index is -1.16. The van der Waals surface area contributed by atoms with Gasteiger partial charge in [-0.1, -0.05) is 50.2 Å². The molecule has 2 aromatic carbocycles. The SMILES string of the molecule is CCCNC(=O)c1ccc(C)c(N(C(=O)OCOC(=O)C(C)NC(=O)OCc2ccccc2)C(=NC=[N-])c2[nH]cc(C(=O)NCCC)c2C)c1. The van der Waals surface area contributed by atoms with Crippen molar-refractivity contribution in [1.29, 1.82) is 0 Å². The maximum absolute atomic E-state index is 13.8. The fourth-order valence-corrected chi connectivity index (χ4v) is 4.55. The standard InChI is InChI=1S/C35H42N7O8/c1-6-15-37-31(43)26-14-13-22(3)28(17-26)42(30(40-20-36)29-23(4)27(18-39-29)32(44)38-16-7-2)35(47)50-21-49-33(45)24(5)41-34(46)48-19-25-11-9-8-10-12-25/h8-14,17-18,20,24,39H,6-7,15-16,19,21H2,1-5H3,(H,37,43)(H,38,44)(H,41,46)/q-1. The molecule has 0 aliphatic heterocycles. The number of aliphatic imine (C=N–C) groups is 1. The number of aromatic nitrogens is 1. The highest BCUT2D eigenvalue weighted by Gasteiger charge is 2.28. The molecule has 3 rings (SSSR count).